The van der Waals surface area contributed by atoms with Crippen molar-refractivity contribution < 1.29 is 24.1 Å². The van der Waals surface area contributed by atoms with Gasteiger partial charge in [0.2, 0.25) is 0 Å². The monoisotopic (exact) mass is 270 g/mol. The molecule has 1 aliphatic heterocycles. The van der Waals surface area contributed by atoms with Crippen LogP contribution in [0, 0.1) is 5.82 Å². The minimum Gasteiger partial charge on any atom is -0.478 e. The summed E-state index contributed by atoms with van der Waals surface area (Å²) >= 11 is 0. The van der Waals surface area contributed by atoms with Crippen LogP contribution in [0.4, 0.5) is 10.2 Å². The number of pyridine rings is 1. The van der Waals surface area contributed by atoms with Gasteiger partial charge in [0.25, 0.3) is 0 Å². The minimum absolute atomic E-state index is 0.0983. The highest BCUT2D eigenvalue weighted by Gasteiger charge is 2.29. The summed E-state index contributed by atoms with van der Waals surface area (Å²) in [6, 6.07) is 0.847. The number of ether oxygens (including phenoxy) is 1. The quantitative estimate of drug-likeness (QED) is 0.832. The Labute approximate surface area is 109 Å². The molecule has 0 saturated carbocycles. The molecule has 2 N–H and O–H groups in total. The lowest BCUT2D eigenvalue weighted by atomic mass is 10.1. The van der Waals surface area contributed by atoms with Crippen molar-refractivity contribution >= 4 is 11.8 Å². The maximum atomic E-state index is 13.1. The van der Waals surface area contributed by atoms with Crippen LogP contribution in [0.2, 0.25) is 0 Å². The number of nitrogens with zero attached hydrogens (tertiary/aromatic N) is 2. The molecule has 6 nitrogen and oxygen atoms in total. The molecule has 2 rings (SSSR count). The number of aromatic carboxylic acids is 1. The first-order valence-corrected chi connectivity index (χ1v) is 5.91. The summed E-state index contributed by atoms with van der Waals surface area (Å²) in [5.41, 5.74) is -0.189. The van der Waals surface area contributed by atoms with Crippen molar-refractivity contribution in [3.05, 3.63) is 23.6 Å². The van der Waals surface area contributed by atoms with E-state index in [1.54, 1.807) is 4.90 Å². The van der Waals surface area contributed by atoms with E-state index in [4.69, 9.17) is 14.9 Å². The van der Waals surface area contributed by atoms with E-state index in [1.165, 1.54) is 0 Å². The molecule has 1 fully saturated rings. The molecule has 0 aliphatic carbocycles. The Kier molecular flexibility index (Phi) is 3.96. The third-order valence-corrected chi connectivity index (χ3v) is 3.04. The zero-order valence-corrected chi connectivity index (χ0v) is 10.4. The van der Waals surface area contributed by atoms with Crippen LogP contribution in [0.5, 0.6) is 0 Å². The van der Waals surface area contributed by atoms with E-state index >= 15 is 0 Å². The molecule has 2 atom stereocenters. The van der Waals surface area contributed by atoms with Gasteiger partial charge in [0.05, 0.1) is 31.6 Å². The molecular weight excluding hydrogens is 255 g/mol. The number of morpholine rings is 1. The summed E-state index contributed by atoms with van der Waals surface area (Å²) in [5.74, 6) is -1.73. The molecule has 104 valence electrons. The highest BCUT2D eigenvalue weighted by atomic mass is 19.1. The second-order valence-corrected chi connectivity index (χ2v) is 4.47. The van der Waals surface area contributed by atoms with Gasteiger partial charge in [-0.15, -0.1) is 0 Å². The molecule has 0 amide bonds. The van der Waals surface area contributed by atoms with Gasteiger partial charge < -0.3 is 19.8 Å². The molecule has 0 radical (unpaired) electrons. The van der Waals surface area contributed by atoms with Crippen LogP contribution in [0.25, 0.3) is 0 Å². The Bertz CT molecular complexity index is 483. The molecule has 1 aromatic rings. The van der Waals surface area contributed by atoms with Gasteiger partial charge in [0, 0.05) is 6.54 Å². The number of halogens is 1. The number of carboxylic acid groups (broad SMARTS) is 1. The Balaban J connectivity index is 2.36. The summed E-state index contributed by atoms with van der Waals surface area (Å²) in [7, 11) is 0. The zero-order chi connectivity index (χ0) is 14.0. The van der Waals surface area contributed by atoms with Crippen LogP contribution in [0.15, 0.2) is 12.3 Å². The average Bonchev–Trinajstić information content (AvgIpc) is 2.39. The van der Waals surface area contributed by atoms with E-state index in [9.17, 15) is 9.18 Å². The van der Waals surface area contributed by atoms with Crippen molar-refractivity contribution in [3.63, 3.8) is 0 Å². The molecule has 19 heavy (non-hydrogen) atoms. The fraction of sp³-hybridized carbons (Fsp3) is 0.500. The first-order valence-electron chi connectivity index (χ1n) is 5.91. The fourth-order valence-corrected chi connectivity index (χ4v) is 2.04. The molecule has 7 heteroatoms. The predicted octanol–water partition coefficient (Wildman–Crippen LogP) is 0.505. The van der Waals surface area contributed by atoms with Crippen molar-refractivity contribution in [2.24, 2.45) is 0 Å². The SMILES string of the molecule is CC1COC(CO)CN1c1ncc(F)cc1C(=O)O. The standard InChI is InChI=1S/C12H15FN2O4/c1-7-6-19-9(5-16)4-15(7)11-10(12(17)18)2-8(13)3-14-11/h2-3,7,9,16H,4-6H2,1H3,(H,17,18). The first-order chi connectivity index (χ1) is 9.02. The fourth-order valence-electron chi connectivity index (χ4n) is 2.04. The first kappa shape index (κ1) is 13.7. The lowest BCUT2D eigenvalue weighted by Crippen LogP contribution is -2.50. The van der Waals surface area contributed by atoms with E-state index in [-0.39, 0.29) is 24.0 Å². The summed E-state index contributed by atoms with van der Waals surface area (Å²) in [6.07, 6.45) is 0.586. The Morgan fingerprint density at radius 1 is 1.68 bits per heavy atom. The van der Waals surface area contributed by atoms with Crippen molar-refractivity contribution in [1.82, 2.24) is 4.98 Å². The average molecular weight is 270 g/mol. The number of anilines is 1. The Morgan fingerprint density at radius 3 is 3.05 bits per heavy atom. The maximum absolute atomic E-state index is 13.1. The molecule has 1 saturated heterocycles. The Morgan fingerprint density at radius 2 is 2.42 bits per heavy atom. The topological polar surface area (TPSA) is 82.9 Å². The molecule has 2 unspecified atom stereocenters. The van der Waals surface area contributed by atoms with Crippen LogP contribution >= 0.6 is 0 Å². The third-order valence-electron chi connectivity index (χ3n) is 3.04. The van der Waals surface area contributed by atoms with Crippen molar-refractivity contribution in [2.45, 2.75) is 19.1 Å². The molecule has 0 aromatic carbocycles. The third kappa shape index (κ3) is 2.82. The second kappa shape index (κ2) is 5.50. The van der Waals surface area contributed by atoms with E-state index in [2.05, 4.69) is 4.98 Å². The smallest absolute Gasteiger partial charge is 0.339 e. The minimum atomic E-state index is -1.23. The largest absolute Gasteiger partial charge is 0.478 e. The van der Waals surface area contributed by atoms with Crippen LogP contribution in [-0.2, 0) is 4.74 Å². The maximum Gasteiger partial charge on any atom is 0.339 e. The summed E-state index contributed by atoms with van der Waals surface area (Å²) < 4.78 is 18.5. The molecule has 0 bridgehead atoms. The van der Waals surface area contributed by atoms with Gasteiger partial charge in [-0.2, -0.15) is 0 Å². The number of aliphatic hydroxyl groups excluding tert-OH is 1. The number of aliphatic hydroxyl groups is 1. The van der Waals surface area contributed by atoms with Gasteiger partial charge in [-0.05, 0) is 13.0 Å². The van der Waals surface area contributed by atoms with Crippen molar-refractivity contribution in [1.29, 1.82) is 0 Å². The summed E-state index contributed by atoms with van der Waals surface area (Å²) in [5, 5.41) is 18.2. The molecule has 2 heterocycles. The van der Waals surface area contributed by atoms with Gasteiger partial charge in [0.15, 0.2) is 0 Å². The van der Waals surface area contributed by atoms with E-state index in [0.29, 0.717) is 13.2 Å². The van der Waals surface area contributed by atoms with Crippen molar-refractivity contribution in [3.8, 4) is 0 Å². The van der Waals surface area contributed by atoms with Gasteiger partial charge in [-0.25, -0.2) is 14.2 Å². The number of hydrogen-bond acceptors (Lipinski definition) is 5. The number of hydrogen-bond donors (Lipinski definition) is 2. The van der Waals surface area contributed by atoms with Gasteiger partial charge in [-0.3, -0.25) is 0 Å². The molecular formula is C12H15FN2O4. The predicted molar refractivity (Wildman–Crippen MR) is 64.8 cm³/mol. The lowest BCUT2D eigenvalue weighted by molar-refractivity contribution is -0.0106. The lowest BCUT2D eigenvalue weighted by Gasteiger charge is -2.38. The van der Waals surface area contributed by atoms with Crippen LogP contribution in [-0.4, -0.2) is 53.1 Å². The van der Waals surface area contributed by atoms with E-state index < -0.39 is 17.9 Å². The van der Waals surface area contributed by atoms with Gasteiger partial charge in [-0.1, -0.05) is 0 Å². The van der Waals surface area contributed by atoms with E-state index in [1.807, 2.05) is 6.92 Å². The number of aromatic nitrogens is 1. The number of carbonyl (C=O) groups is 1. The molecule has 1 aliphatic rings. The highest BCUT2D eigenvalue weighted by Crippen LogP contribution is 2.24. The highest BCUT2D eigenvalue weighted by molar-refractivity contribution is 5.93. The second-order valence-electron chi connectivity index (χ2n) is 4.47. The normalized spacial score (nSPS) is 23.4. The van der Waals surface area contributed by atoms with E-state index in [0.717, 1.165) is 12.3 Å². The zero-order valence-electron chi connectivity index (χ0n) is 10.4. The molecule has 0 spiro atoms. The van der Waals surface area contributed by atoms with Gasteiger partial charge in [0.1, 0.15) is 17.2 Å². The van der Waals surface area contributed by atoms with Gasteiger partial charge >= 0.3 is 5.97 Å². The van der Waals surface area contributed by atoms with Crippen LogP contribution in [0.1, 0.15) is 17.3 Å². The van der Waals surface area contributed by atoms with Crippen LogP contribution < -0.4 is 4.90 Å². The van der Waals surface area contributed by atoms with Crippen molar-refractivity contribution in [2.75, 3.05) is 24.7 Å². The van der Waals surface area contributed by atoms with Crippen LogP contribution in [0.3, 0.4) is 0 Å². The Hall–Kier alpha value is -1.73. The number of rotatable bonds is 3. The molecule has 1 aromatic heterocycles. The summed E-state index contributed by atoms with van der Waals surface area (Å²) in [4.78, 5) is 16.8. The summed E-state index contributed by atoms with van der Waals surface area (Å²) in [6.45, 7) is 2.36. The number of carboxylic acids is 1.